The molecule has 1 saturated heterocycles. The number of rotatable bonds is 5. The third-order valence-corrected chi connectivity index (χ3v) is 6.04. The van der Waals surface area contributed by atoms with E-state index < -0.39 is 10.0 Å². The molecule has 116 valence electrons. The fourth-order valence-corrected chi connectivity index (χ4v) is 4.24. The first kappa shape index (κ1) is 16.2. The number of carbonyl (C=O) groups is 1. The summed E-state index contributed by atoms with van der Waals surface area (Å²) < 4.78 is 26.6. The highest BCUT2D eigenvalue weighted by Crippen LogP contribution is 2.24. The largest absolute Gasteiger partial charge is 0.300 e. The Bertz CT molecular complexity index is 584. The molecule has 0 aliphatic carbocycles. The number of benzene rings is 1. The van der Waals surface area contributed by atoms with E-state index in [1.165, 1.54) is 4.31 Å². The van der Waals surface area contributed by atoms with Crippen LogP contribution in [0.3, 0.4) is 0 Å². The molecule has 0 bridgehead atoms. The number of Topliss-reactive ketones (excluding diaryl/α,β-unsaturated/α-hetero) is 1. The maximum atomic E-state index is 12.6. The number of hydrogen-bond acceptors (Lipinski definition) is 3. The van der Waals surface area contributed by atoms with Crippen LogP contribution in [-0.4, -0.2) is 31.6 Å². The summed E-state index contributed by atoms with van der Waals surface area (Å²) in [6, 6.07) is 7.16. The maximum Gasteiger partial charge on any atom is 0.243 e. The van der Waals surface area contributed by atoms with Gasteiger partial charge < -0.3 is 0 Å². The van der Waals surface area contributed by atoms with Crippen LogP contribution >= 0.6 is 0 Å². The standard InChI is InChI=1S/C16H23NO3S/c1-3-4-14-5-7-16(8-6-14)21(19,20)17-11-9-15(10-12-17)13(2)18/h5-8,15H,3-4,9-12H2,1-2H3. The van der Waals surface area contributed by atoms with Crippen LogP contribution in [0, 0.1) is 5.92 Å². The summed E-state index contributed by atoms with van der Waals surface area (Å²) >= 11 is 0. The minimum atomic E-state index is -3.42. The first-order valence-electron chi connectivity index (χ1n) is 7.54. The second-order valence-electron chi connectivity index (χ2n) is 5.68. The van der Waals surface area contributed by atoms with Crippen molar-refractivity contribution in [3.05, 3.63) is 29.8 Å². The summed E-state index contributed by atoms with van der Waals surface area (Å²) in [7, 11) is -3.42. The van der Waals surface area contributed by atoms with Gasteiger partial charge >= 0.3 is 0 Å². The SMILES string of the molecule is CCCc1ccc(S(=O)(=O)N2CCC(C(C)=O)CC2)cc1. The van der Waals surface area contributed by atoms with E-state index in [0.717, 1.165) is 18.4 Å². The maximum absolute atomic E-state index is 12.6. The first-order valence-corrected chi connectivity index (χ1v) is 8.98. The molecular weight excluding hydrogens is 286 g/mol. The van der Waals surface area contributed by atoms with Crippen molar-refractivity contribution >= 4 is 15.8 Å². The smallest absolute Gasteiger partial charge is 0.243 e. The molecule has 1 aliphatic heterocycles. The van der Waals surface area contributed by atoms with E-state index >= 15 is 0 Å². The number of hydrogen-bond donors (Lipinski definition) is 0. The summed E-state index contributed by atoms with van der Waals surface area (Å²) in [6.45, 7) is 4.55. The molecule has 5 heteroatoms. The monoisotopic (exact) mass is 309 g/mol. The molecule has 0 spiro atoms. The van der Waals surface area contributed by atoms with Gasteiger partial charge in [0.05, 0.1) is 4.90 Å². The van der Waals surface area contributed by atoms with Gasteiger partial charge in [0.15, 0.2) is 0 Å². The van der Waals surface area contributed by atoms with Crippen molar-refractivity contribution in [2.24, 2.45) is 5.92 Å². The highest BCUT2D eigenvalue weighted by molar-refractivity contribution is 7.89. The predicted molar refractivity (Wildman–Crippen MR) is 82.6 cm³/mol. The predicted octanol–water partition coefficient (Wildman–Crippen LogP) is 2.63. The lowest BCUT2D eigenvalue weighted by atomic mass is 9.95. The Kier molecular flexibility index (Phi) is 5.17. The topological polar surface area (TPSA) is 54.5 Å². The molecule has 0 atom stereocenters. The Balaban J connectivity index is 2.10. The van der Waals surface area contributed by atoms with Gasteiger partial charge in [-0.1, -0.05) is 25.5 Å². The molecule has 1 aromatic carbocycles. The van der Waals surface area contributed by atoms with Crippen LogP contribution in [0.5, 0.6) is 0 Å². The van der Waals surface area contributed by atoms with Gasteiger partial charge in [-0.3, -0.25) is 4.79 Å². The fraction of sp³-hybridized carbons (Fsp3) is 0.562. The van der Waals surface area contributed by atoms with E-state index in [1.54, 1.807) is 19.1 Å². The Morgan fingerprint density at radius 1 is 1.19 bits per heavy atom. The van der Waals surface area contributed by atoms with E-state index in [-0.39, 0.29) is 11.7 Å². The Morgan fingerprint density at radius 2 is 1.76 bits per heavy atom. The summed E-state index contributed by atoms with van der Waals surface area (Å²) in [5, 5.41) is 0. The number of ketones is 1. The molecule has 0 amide bonds. The summed E-state index contributed by atoms with van der Waals surface area (Å²) in [5.74, 6) is 0.180. The molecule has 4 nitrogen and oxygen atoms in total. The van der Waals surface area contributed by atoms with Crippen LogP contribution in [0.4, 0.5) is 0 Å². The summed E-state index contributed by atoms with van der Waals surface area (Å²) in [6.07, 6.45) is 3.26. The van der Waals surface area contributed by atoms with Gasteiger partial charge in [-0.05, 0) is 43.9 Å². The van der Waals surface area contributed by atoms with Crippen molar-refractivity contribution in [1.82, 2.24) is 4.31 Å². The molecule has 0 unspecified atom stereocenters. The lowest BCUT2D eigenvalue weighted by molar-refractivity contribution is -0.121. The van der Waals surface area contributed by atoms with Crippen LogP contribution in [-0.2, 0) is 21.2 Å². The van der Waals surface area contributed by atoms with Crippen molar-refractivity contribution in [3.63, 3.8) is 0 Å². The fourth-order valence-electron chi connectivity index (χ4n) is 2.77. The quantitative estimate of drug-likeness (QED) is 0.840. The van der Waals surface area contributed by atoms with Crippen molar-refractivity contribution in [2.75, 3.05) is 13.1 Å². The van der Waals surface area contributed by atoms with Crippen LogP contribution in [0.2, 0.25) is 0 Å². The van der Waals surface area contributed by atoms with Gasteiger partial charge in [0.25, 0.3) is 0 Å². The second-order valence-corrected chi connectivity index (χ2v) is 7.62. The average Bonchev–Trinajstić information content (AvgIpc) is 2.48. The molecule has 0 radical (unpaired) electrons. The molecule has 1 aliphatic rings. The number of aryl methyl sites for hydroxylation is 1. The van der Waals surface area contributed by atoms with Crippen LogP contribution < -0.4 is 0 Å². The zero-order chi connectivity index (χ0) is 15.5. The lowest BCUT2D eigenvalue weighted by Crippen LogP contribution is -2.39. The van der Waals surface area contributed by atoms with Gasteiger partial charge in [0.1, 0.15) is 5.78 Å². The Morgan fingerprint density at radius 3 is 2.24 bits per heavy atom. The van der Waals surface area contributed by atoms with E-state index in [4.69, 9.17) is 0 Å². The summed E-state index contributed by atoms with van der Waals surface area (Å²) in [4.78, 5) is 11.7. The van der Waals surface area contributed by atoms with E-state index in [0.29, 0.717) is 30.8 Å². The second kappa shape index (κ2) is 6.71. The van der Waals surface area contributed by atoms with E-state index in [2.05, 4.69) is 6.92 Å². The van der Waals surface area contributed by atoms with Gasteiger partial charge in [-0.2, -0.15) is 4.31 Å². The molecule has 0 saturated carbocycles. The minimum Gasteiger partial charge on any atom is -0.300 e. The molecule has 1 aromatic rings. The summed E-state index contributed by atoms with van der Waals surface area (Å²) in [5.41, 5.74) is 1.16. The Labute approximate surface area is 127 Å². The van der Waals surface area contributed by atoms with Crippen molar-refractivity contribution in [2.45, 2.75) is 44.4 Å². The highest BCUT2D eigenvalue weighted by atomic mass is 32.2. The third-order valence-electron chi connectivity index (χ3n) is 4.13. The van der Waals surface area contributed by atoms with Crippen molar-refractivity contribution in [3.8, 4) is 0 Å². The lowest BCUT2D eigenvalue weighted by Gasteiger charge is -2.30. The van der Waals surface area contributed by atoms with Crippen LogP contribution in [0.1, 0.15) is 38.7 Å². The van der Waals surface area contributed by atoms with Crippen LogP contribution in [0.25, 0.3) is 0 Å². The van der Waals surface area contributed by atoms with Gasteiger partial charge in [-0.25, -0.2) is 8.42 Å². The number of nitrogens with zero attached hydrogens (tertiary/aromatic N) is 1. The Hall–Kier alpha value is -1.20. The van der Waals surface area contributed by atoms with Crippen molar-refractivity contribution < 1.29 is 13.2 Å². The molecule has 0 aromatic heterocycles. The number of carbonyl (C=O) groups excluding carboxylic acids is 1. The highest BCUT2D eigenvalue weighted by Gasteiger charge is 2.30. The van der Waals surface area contributed by atoms with E-state index in [9.17, 15) is 13.2 Å². The average molecular weight is 309 g/mol. The van der Waals surface area contributed by atoms with Gasteiger partial charge in [0.2, 0.25) is 10.0 Å². The molecule has 2 rings (SSSR count). The number of piperidine rings is 1. The van der Waals surface area contributed by atoms with Gasteiger partial charge in [0, 0.05) is 19.0 Å². The van der Waals surface area contributed by atoms with Crippen LogP contribution in [0.15, 0.2) is 29.2 Å². The first-order chi connectivity index (χ1) is 9.95. The third kappa shape index (κ3) is 3.71. The van der Waals surface area contributed by atoms with Crippen molar-refractivity contribution in [1.29, 1.82) is 0 Å². The molecule has 0 N–H and O–H groups in total. The molecule has 1 heterocycles. The molecular formula is C16H23NO3S. The van der Waals surface area contributed by atoms with E-state index in [1.807, 2.05) is 12.1 Å². The molecule has 21 heavy (non-hydrogen) atoms. The van der Waals surface area contributed by atoms with Gasteiger partial charge in [-0.15, -0.1) is 0 Å². The zero-order valence-electron chi connectivity index (χ0n) is 12.7. The molecule has 1 fully saturated rings. The normalized spacial score (nSPS) is 17.8. The number of sulfonamides is 1. The zero-order valence-corrected chi connectivity index (χ0v) is 13.5. The minimum absolute atomic E-state index is 0.0170.